The summed E-state index contributed by atoms with van der Waals surface area (Å²) < 4.78 is 0. The predicted octanol–water partition coefficient (Wildman–Crippen LogP) is 3.11. The van der Waals surface area contributed by atoms with E-state index in [1.165, 1.54) is 18.2 Å². The first-order valence-electron chi connectivity index (χ1n) is 6.55. The van der Waals surface area contributed by atoms with E-state index in [0.29, 0.717) is 11.5 Å². The van der Waals surface area contributed by atoms with Crippen LogP contribution in [0.3, 0.4) is 0 Å². The van der Waals surface area contributed by atoms with Crippen molar-refractivity contribution >= 4 is 17.6 Å². The van der Waals surface area contributed by atoms with Crippen molar-refractivity contribution in [1.82, 2.24) is 9.97 Å². The van der Waals surface area contributed by atoms with Gasteiger partial charge in [0.1, 0.15) is 5.69 Å². The third-order valence-electron chi connectivity index (χ3n) is 3.28. The maximum atomic E-state index is 7.32. The molecule has 0 aromatic carbocycles. The minimum absolute atomic E-state index is 0.602. The Morgan fingerprint density at radius 1 is 1.56 bits per heavy atom. The molecule has 1 aliphatic carbocycles. The molecule has 2 rings (SSSR count). The second-order valence-corrected chi connectivity index (χ2v) is 4.77. The molecule has 96 valence electrons. The Kier molecular flexibility index (Phi) is 4.07. The molecule has 1 aliphatic rings. The fourth-order valence-corrected chi connectivity index (χ4v) is 2.15. The van der Waals surface area contributed by atoms with Gasteiger partial charge in [-0.25, -0.2) is 9.97 Å². The average Bonchev–Trinajstić information content (AvgIpc) is 2.40. The Morgan fingerprint density at radius 2 is 2.39 bits per heavy atom. The fraction of sp³-hybridized carbons (Fsp3) is 0.500. The van der Waals surface area contributed by atoms with Gasteiger partial charge in [0.15, 0.2) is 5.82 Å². The highest BCUT2D eigenvalue weighted by atomic mass is 15.0. The van der Waals surface area contributed by atoms with Crippen LogP contribution in [0.25, 0.3) is 5.57 Å². The molecule has 4 heteroatoms. The molecular weight excluding hydrogens is 224 g/mol. The van der Waals surface area contributed by atoms with Gasteiger partial charge in [0.25, 0.3) is 0 Å². The highest BCUT2D eigenvalue weighted by Crippen LogP contribution is 2.29. The number of rotatable bonds is 4. The third kappa shape index (κ3) is 2.75. The molecule has 1 atom stereocenters. The highest BCUT2D eigenvalue weighted by Gasteiger charge is 2.14. The molecule has 18 heavy (non-hydrogen) atoms. The van der Waals surface area contributed by atoms with E-state index in [-0.39, 0.29) is 0 Å². The SMILES string of the molecule is CCNc1nc(C2=CCC(C)CC2)cnc1C=N. The average molecular weight is 244 g/mol. The van der Waals surface area contributed by atoms with Gasteiger partial charge in [-0.3, -0.25) is 0 Å². The van der Waals surface area contributed by atoms with Crippen molar-refractivity contribution in [2.45, 2.75) is 33.1 Å². The molecule has 0 spiro atoms. The molecule has 0 saturated heterocycles. The summed E-state index contributed by atoms with van der Waals surface area (Å²) in [5.74, 6) is 1.49. The summed E-state index contributed by atoms with van der Waals surface area (Å²) in [6.07, 6.45) is 8.72. The van der Waals surface area contributed by atoms with Gasteiger partial charge >= 0.3 is 0 Å². The van der Waals surface area contributed by atoms with Gasteiger partial charge in [-0.15, -0.1) is 0 Å². The predicted molar refractivity (Wildman–Crippen MR) is 75.1 cm³/mol. The summed E-state index contributed by atoms with van der Waals surface area (Å²) in [4.78, 5) is 8.89. The summed E-state index contributed by atoms with van der Waals surface area (Å²) in [5, 5.41) is 10.5. The van der Waals surface area contributed by atoms with Crippen LogP contribution in [0.15, 0.2) is 12.3 Å². The maximum Gasteiger partial charge on any atom is 0.154 e. The first-order valence-corrected chi connectivity index (χ1v) is 6.55. The number of nitrogens with one attached hydrogen (secondary N) is 2. The summed E-state index contributed by atoms with van der Waals surface area (Å²) in [7, 11) is 0. The molecule has 1 unspecified atom stereocenters. The first kappa shape index (κ1) is 12.7. The Morgan fingerprint density at radius 3 is 3.00 bits per heavy atom. The van der Waals surface area contributed by atoms with Crippen LogP contribution in [0.2, 0.25) is 0 Å². The number of hydrogen-bond donors (Lipinski definition) is 2. The molecule has 0 fully saturated rings. The molecule has 0 aliphatic heterocycles. The first-order chi connectivity index (χ1) is 8.74. The van der Waals surface area contributed by atoms with E-state index >= 15 is 0 Å². The molecule has 0 saturated carbocycles. The molecule has 1 heterocycles. The highest BCUT2D eigenvalue weighted by molar-refractivity contribution is 5.82. The van der Waals surface area contributed by atoms with Gasteiger partial charge in [-0.2, -0.15) is 0 Å². The number of hydrogen-bond acceptors (Lipinski definition) is 4. The minimum Gasteiger partial charge on any atom is -0.368 e. The summed E-state index contributed by atoms with van der Waals surface area (Å²) in [5.41, 5.74) is 2.84. The zero-order valence-electron chi connectivity index (χ0n) is 11.0. The largest absolute Gasteiger partial charge is 0.368 e. The van der Waals surface area contributed by atoms with Crippen molar-refractivity contribution in [1.29, 1.82) is 5.41 Å². The maximum absolute atomic E-state index is 7.32. The monoisotopic (exact) mass is 244 g/mol. The Bertz CT molecular complexity index is 465. The number of nitrogens with zero attached hydrogens (tertiary/aromatic N) is 2. The van der Waals surface area contributed by atoms with Crippen molar-refractivity contribution in [2.75, 3.05) is 11.9 Å². The van der Waals surface area contributed by atoms with Crippen LogP contribution in [0.1, 0.15) is 44.5 Å². The Labute approximate surface area is 108 Å². The van der Waals surface area contributed by atoms with E-state index < -0.39 is 0 Å². The second-order valence-electron chi connectivity index (χ2n) is 4.77. The van der Waals surface area contributed by atoms with Gasteiger partial charge in [0.2, 0.25) is 0 Å². The number of anilines is 1. The minimum atomic E-state index is 0.602. The van der Waals surface area contributed by atoms with E-state index in [1.807, 2.05) is 6.92 Å². The van der Waals surface area contributed by atoms with Gasteiger partial charge < -0.3 is 10.7 Å². The number of allylic oxidation sites excluding steroid dienone is 2. The van der Waals surface area contributed by atoms with E-state index in [0.717, 1.165) is 31.0 Å². The molecule has 0 amide bonds. The van der Waals surface area contributed by atoms with E-state index in [9.17, 15) is 0 Å². The standard InChI is InChI=1S/C14H20N4/c1-3-16-14-12(8-15)17-9-13(18-14)11-6-4-10(2)5-7-11/h6,8-10,15H,3-5,7H2,1-2H3,(H,16,18). The summed E-state index contributed by atoms with van der Waals surface area (Å²) in [6.45, 7) is 5.08. The lowest BCUT2D eigenvalue weighted by molar-refractivity contribution is 0.533. The molecule has 0 radical (unpaired) electrons. The van der Waals surface area contributed by atoms with Crippen LogP contribution in [0.5, 0.6) is 0 Å². The van der Waals surface area contributed by atoms with Crippen molar-refractivity contribution in [3.8, 4) is 0 Å². The van der Waals surface area contributed by atoms with Crippen LogP contribution >= 0.6 is 0 Å². The van der Waals surface area contributed by atoms with Crippen molar-refractivity contribution < 1.29 is 0 Å². The molecular formula is C14H20N4. The zero-order chi connectivity index (χ0) is 13.0. The summed E-state index contributed by atoms with van der Waals surface area (Å²) in [6, 6.07) is 0. The quantitative estimate of drug-likeness (QED) is 0.800. The van der Waals surface area contributed by atoms with E-state index in [2.05, 4.69) is 28.3 Å². The normalized spacial score (nSPS) is 19.2. The lowest BCUT2D eigenvalue weighted by Crippen LogP contribution is -2.08. The van der Waals surface area contributed by atoms with Crippen LogP contribution in [0.4, 0.5) is 5.82 Å². The van der Waals surface area contributed by atoms with Crippen LogP contribution in [0, 0.1) is 11.3 Å². The third-order valence-corrected chi connectivity index (χ3v) is 3.28. The van der Waals surface area contributed by atoms with Crippen LogP contribution < -0.4 is 5.32 Å². The molecule has 2 N–H and O–H groups in total. The second kappa shape index (κ2) is 5.76. The van der Waals surface area contributed by atoms with Crippen molar-refractivity contribution in [3.05, 3.63) is 23.7 Å². The molecule has 1 aromatic rings. The van der Waals surface area contributed by atoms with Crippen molar-refractivity contribution in [3.63, 3.8) is 0 Å². The lowest BCUT2D eigenvalue weighted by atomic mass is 9.90. The van der Waals surface area contributed by atoms with Gasteiger partial charge in [-0.1, -0.05) is 13.0 Å². The Hall–Kier alpha value is -1.71. The van der Waals surface area contributed by atoms with Gasteiger partial charge in [-0.05, 0) is 37.7 Å². The van der Waals surface area contributed by atoms with Crippen LogP contribution in [-0.2, 0) is 0 Å². The molecule has 4 nitrogen and oxygen atoms in total. The number of aromatic nitrogens is 2. The Balaban J connectivity index is 2.29. The molecule has 0 bridgehead atoms. The van der Waals surface area contributed by atoms with E-state index in [4.69, 9.17) is 5.41 Å². The van der Waals surface area contributed by atoms with Crippen molar-refractivity contribution in [2.24, 2.45) is 5.92 Å². The smallest absolute Gasteiger partial charge is 0.154 e. The van der Waals surface area contributed by atoms with Gasteiger partial charge in [0.05, 0.1) is 11.9 Å². The van der Waals surface area contributed by atoms with Crippen LogP contribution in [-0.4, -0.2) is 22.7 Å². The van der Waals surface area contributed by atoms with E-state index in [1.54, 1.807) is 6.20 Å². The molecule has 1 aromatic heterocycles. The topological polar surface area (TPSA) is 61.7 Å². The zero-order valence-corrected chi connectivity index (χ0v) is 11.0. The fourth-order valence-electron chi connectivity index (χ4n) is 2.15. The lowest BCUT2D eigenvalue weighted by Gasteiger charge is -2.18. The summed E-state index contributed by atoms with van der Waals surface area (Å²) >= 11 is 0. The van der Waals surface area contributed by atoms with Gasteiger partial charge in [0, 0.05) is 12.8 Å².